The molecular formula is C18H27NO3. The van der Waals surface area contributed by atoms with E-state index in [4.69, 9.17) is 0 Å². The first-order valence-corrected chi connectivity index (χ1v) is 7.90. The Hall–Kier alpha value is -1.55. The Morgan fingerprint density at radius 3 is 2.09 bits per heavy atom. The summed E-state index contributed by atoms with van der Waals surface area (Å²) < 4.78 is 0. The van der Waals surface area contributed by atoms with Gasteiger partial charge in [0.2, 0.25) is 0 Å². The number of anilines is 1. The van der Waals surface area contributed by atoms with Crippen LogP contribution in [0.2, 0.25) is 0 Å². The molecule has 0 saturated heterocycles. The Morgan fingerprint density at radius 1 is 1.18 bits per heavy atom. The van der Waals surface area contributed by atoms with Crippen molar-refractivity contribution in [2.75, 3.05) is 19.0 Å². The van der Waals surface area contributed by atoms with Gasteiger partial charge < -0.3 is 15.1 Å². The van der Waals surface area contributed by atoms with Gasteiger partial charge in [0, 0.05) is 19.8 Å². The number of benzene rings is 1. The van der Waals surface area contributed by atoms with Gasteiger partial charge in [0.1, 0.15) is 0 Å². The highest BCUT2D eigenvalue weighted by molar-refractivity contribution is 5.75. The number of nitrogens with zero attached hydrogens (tertiary/aromatic N) is 1. The van der Waals surface area contributed by atoms with Crippen molar-refractivity contribution in [3.05, 3.63) is 29.8 Å². The fourth-order valence-corrected chi connectivity index (χ4v) is 3.30. The van der Waals surface area contributed by atoms with Crippen LogP contribution >= 0.6 is 0 Å². The Kier molecular flexibility index (Phi) is 4.52. The van der Waals surface area contributed by atoms with E-state index in [0.717, 1.165) is 12.8 Å². The lowest BCUT2D eigenvalue weighted by molar-refractivity contribution is -0.169. The largest absolute Gasteiger partial charge is 0.481 e. The summed E-state index contributed by atoms with van der Waals surface area (Å²) in [6, 6.07) is 8.51. The number of aliphatic hydroxyl groups is 1. The highest BCUT2D eigenvalue weighted by Gasteiger charge is 2.50. The van der Waals surface area contributed by atoms with Gasteiger partial charge in [-0.2, -0.15) is 0 Å². The predicted molar refractivity (Wildman–Crippen MR) is 88.3 cm³/mol. The Morgan fingerprint density at radius 2 is 1.68 bits per heavy atom. The zero-order valence-electron chi connectivity index (χ0n) is 14.0. The molecule has 0 atom stereocenters. The van der Waals surface area contributed by atoms with E-state index < -0.39 is 17.0 Å². The number of carboxylic acid groups (broad SMARTS) is 1. The van der Waals surface area contributed by atoms with E-state index in [1.807, 2.05) is 14.1 Å². The van der Waals surface area contributed by atoms with Crippen LogP contribution in [0, 0.1) is 5.41 Å². The first-order chi connectivity index (χ1) is 10.2. The number of hydrogen-bond acceptors (Lipinski definition) is 3. The molecule has 4 heteroatoms. The lowest BCUT2D eigenvalue weighted by Crippen LogP contribution is -2.51. The van der Waals surface area contributed by atoms with Crippen LogP contribution in [0.1, 0.15) is 51.0 Å². The van der Waals surface area contributed by atoms with Crippen LogP contribution in [0.15, 0.2) is 24.3 Å². The van der Waals surface area contributed by atoms with Crippen molar-refractivity contribution in [1.82, 2.24) is 0 Å². The van der Waals surface area contributed by atoms with Gasteiger partial charge >= 0.3 is 5.97 Å². The van der Waals surface area contributed by atoms with E-state index in [-0.39, 0.29) is 0 Å². The first-order valence-electron chi connectivity index (χ1n) is 7.90. The van der Waals surface area contributed by atoms with Crippen LogP contribution in [0.25, 0.3) is 0 Å². The number of rotatable bonds is 4. The van der Waals surface area contributed by atoms with Gasteiger partial charge in [-0.1, -0.05) is 12.1 Å². The molecular weight excluding hydrogens is 278 g/mol. The van der Waals surface area contributed by atoms with Crippen LogP contribution in [-0.2, 0) is 4.79 Å². The van der Waals surface area contributed by atoms with E-state index >= 15 is 0 Å². The second-order valence-electron chi connectivity index (χ2n) is 7.22. The average Bonchev–Trinajstić information content (AvgIpc) is 2.48. The minimum atomic E-state index is -1.11. The summed E-state index contributed by atoms with van der Waals surface area (Å²) in [4.78, 5) is 13.5. The molecule has 1 aromatic rings. The topological polar surface area (TPSA) is 60.8 Å². The van der Waals surface area contributed by atoms with E-state index in [1.54, 1.807) is 13.8 Å². The van der Waals surface area contributed by atoms with Gasteiger partial charge in [0.05, 0.1) is 11.0 Å². The van der Waals surface area contributed by atoms with E-state index in [0.29, 0.717) is 18.8 Å². The van der Waals surface area contributed by atoms with Crippen LogP contribution < -0.4 is 4.90 Å². The normalized spacial score (nSPS) is 25.8. The number of carbonyl (C=O) groups is 1. The quantitative estimate of drug-likeness (QED) is 0.896. The minimum Gasteiger partial charge on any atom is -0.481 e. The summed E-state index contributed by atoms with van der Waals surface area (Å²) in [5.74, 6) is -0.523. The molecule has 0 spiro atoms. The van der Waals surface area contributed by atoms with Gasteiger partial charge in [-0.3, -0.25) is 4.79 Å². The number of carboxylic acids is 1. The van der Waals surface area contributed by atoms with E-state index in [9.17, 15) is 15.0 Å². The monoisotopic (exact) mass is 305 g/mol. The Balaban J connectivity index is 2.07. The third-order valence-electron chi connectivity index (χ3n) is 5.39. The molecule has 0 heterocycles. The summed E-state index contributed by atoms with van der Waals surface area (Å²) in [5, 5.41) is 20.1. The molecule has 0 aromatic heterocycles. The first kappa shape index (κ1) is 16.8. The third kappa shape index (κ3) is 2.98. The fraction of sp³-hybridized carbons (Fsp3) is 0.611. The highest BCUT2D eigenvalue weighted by Crippen LogP contribution is 2.46. The molecule has 22 heavy (non-hydrogen) atoms. The maximum Gasteiger partial charge on any atom is 0.312 e. The third-order valence-corrected chi connectivity index (χ3v) is 5.39. The SMILES string of the molecule is CN(C)c1ccc(C2CCC(O)(C(C)(C)C(=O)O)CC2)cc1. The zero-order chi connectivity index (χ0) is 16.5. The van der Waals surface area contributed by atoms with Crippen LogP contribution in [-0.4, -0.2) is 35.9 Å². The summed E-state index contributed by atoms with van der Waals surface area (Å²) >= 11 is 0. The molecule has 2 N–H and O–H groups in total. The van der Waals surface area contributed by atoms with Gasteiger partial charge in [-0.25, -0.2) is 0 Å². The second kappa shape index (κ2) is 5.92. The molecule has 0 bridgehead atoms. The van der Waals surface area contributed by atoms with Crippen LogP contribution in [0.3, 0.4) is 0 Å². The Bertz CT molecular complexity index is 526. The van der Waals surface area contributed by atoms with Gasteiger partial charge in [-0.05, 0) is 63.1 Å². The smallest absolute Gasteiger partial charge is 0.312 e. The maximum absolute atomic E-state index is 11.4. The maximum atomic E-state index is 11.4. The summed E-state index contributed by atoms with van der Waals surface area (Å²) in [5.41, 5.74) is 0.231. The molecule has 122 valence electrons. The molecule has 1 aromatic carbocycles. The van der Waals surface area contributed by atoms with Gasteiger partial charge in [-0.15, -0.1) is 0 Å². The molecule has 1 aliphatic carbocycles. The van der Waals surface area contributed by atoms with Crippen molar-refractivity contribution in [1.29, 1.82) is 0 Å². The lowest BCUT2D eigenvalue weighted by Gasteiger charge is -2.44. The molecule has 0 unspecified atom stereocenters. The lowest BCUT2D eigenvalue weighted by atomic mass is 9.64. The predicted octanol–water partition coefficient (Wildman–Crippen LogP) is 3.25. The molecule has 1 saturated carbocycles. The molecule has 2 rings (SSSR count). The van der Waals surface area contributed by atoms with Crippen molar-refractivity contribution in [2.24, 2.45) is 5.41 Å². The van der Waals surface area contributed by atoms with Crippen LogP contribution in [0.4, 0.5) is 5.69 Å². The average molecular weight is 305 g/mol. The van der Waals surface area contributed by atoms with Gasteiger partial charge in [0.25, 0.3) is 0 Å². The van der Waals surface area contributed by atoms with Crippen molar-refractivity contribution >= 4 is 11.7 Å². The molecule has 0 aliphatic heterocycles. The van der Waals surface area contributed by atoms with Crippen LogP contribution in [0.5, 0.6) is 0 Å². The second-order valence-corrected chi connectivity index (χ2v) is 7.22. The highest BCUT2D eigenvalue weighted by atomic mass is 16.4. The molecule has 4 nitrogen and oxygen atoms in total. The zero-order valence-corrected chi connectivity index (χ0v) is 14.0. The summed E-state index contributed by atoms with van der Waals surface area (Å²) in [6.07, 6.45) is 2.72. The molecule has 0 amide bonds. The van der Waals surface area contributed by atoms with Crippen molar-refractivity contribution in [3.8, 4) is 0 Å². The molecule has 1 aliphatic rings. The van der Waals surface area contributed by atoms with Crippen molar-refractivity contribution in [2.45, 2.75) is 51.0 Å². The summed E-state index contributed by atoms with van der Waals surface area (Å²) in [6.45, 7) is 3.25. The fourth-order valence-electron chi connectivity index (χ4n) is 3.30. The van der Waals surface area contributed by atoms with E-state index in [1.165, 1.54) is 11.3 Å². The molecule has 0 radical (unpaired) electrons. The van der Waals surface area contributed by atoms with Gasteiger partial charge in [0.15, 0.2) is 0 Å². The summed E-state index contributed by atoms with van der Waals surface area (Å²) in [7, 11) is 4.04. The minimum absolute atomic E-state index is 0.404. The Labute approximate surface area is 132 Å². The number of aliphatic carboxylic acids is 1. The van der Waals surface area contributed by atoms with E-state index in [2.05, 4.69) is 29.2 Å². The van der Waals surface area contributed by atoms with Crippen molar-refractivity contribution in [3.63, 3.8) is 0 Å². The van der Waals surface area contributed by atoms with Crippen molar-refractivity contribution < 1.29 is 15.0 Å². The standard InChI is InChI=1S/C18H27NO3/c1-17(2,16(20)21)18(22)11-9-14(10-12-18)13-5-7-15(8-6-13)19(3)4/h5-8,14,22H,9-12H2,1-4H3,(H,20,21). The molecule has 1 fully saturated rings. The number of hydrogen-bond donors (Lipinski definition) is 2.